The average Bonchev–Trinajstić information content (AvgIpc) is 3.37. The highest BCUT2D eigenvalue weighted by Crippen LogP contribution is 2.34. The van der Waals surface area contributed by atoms with Crippen LogP contribution in [-0.4, -0.2) is 47.4 Å². The summed E-state index contributed by atoms with van der Waals surface area (Å²) in [5.41, 5.74) is 2.51. The maximum absolute atomic E-state index is 13.2. The Hall–Kier alpha value is -3.16. The van der Waals surface area contributed by atoms with Gasteiger partial charge in [-0.25, -0.2) is 4.79 Å². The number of amides is 3. The molecule has 1 saturated carbocycles. The molecule has 1 atom stereocenters. The predicted octanol–water partition coefficient (Wildman–Crippen LogP) is 5.20. The van der Waals surface area contributed by atoms with Crippen LogP contribution in [0.3, 0.4) is 0 Å². The van der Waals surface area contributed by atoms with Gasteiger partial charge in [0.15, 0.2) is 0 Å². The van der Waals surface area contributed by atoms with Gasteiger partial charge in [-0.05, 0) is 54.0 Å². The summed E-state index contributed by atoms with van der Waals surface area (Å²) in [4.78, 5) is 31.4. The zero-order chi connectivity index (χ0) is 24.0. The number of nitrogens with one attached hydrogen (secondary N) is 2. The number of hydrogen-bond acceptors (Lipinski definition) is 4. The molecular formula is C28H32N4O2S. The minimum absolute atomic E-state index is 0.0928. The van der Waals surface area contributed by atoms with Crippen molar-refractivity contribution in [2.75, 3.05) is 25.0 Å². The number of urea groups is 1. The van der Waals surface area contributed by atoms with E-state index in [1.807, 2.05) is 34.5 Å². The summed E-state index contributed by atoms with van der Waals surface area (Å²) in [7, 11) is 0. The SMILES string of the molecule is O=C(NCc1cccs1)c1cccc(NC(=O)N2CCN(Cc3ccccc3)C(C3CCC3)C2)c1. The standard InChI is InChI=1S/C28H32N4O2S/c33-27(29-18-25-13-6-16-35-25)23-11-5-12-24(17-23)30-28(34)32-15-14-31(19-21-7-2-1-3-8-21)26(20-32)22-9-4-10-22/h1-3,5-8,11-13,16-17,22,26H,4,9-10,14-15,18-20H2,(H,29,33)(H,30,34). The summed E-state index contributed by atoms with van der Waals surface area (Å²) in [6.45, 7) is 3.74. The highest BCUT2D eigenvalue weighted by molar-refractivity contribution is 7.09. The van der Waals surface area contributed by atoms with E-state index in [0.29, 0.717) is 36.3 Å². The van der Waals surface area contributed by atoms with Gasteiger partial charge in [0.25, 0.3) is 5.91 Å². The Balaban J connectivity index is 1.19. The lowest BCUT2D eigenvalue weighted by Gasteiger charge is -2.47. The summed E-state index contributed by atoms with van der Waals surface area (Å²) in [5, 5.41) is 7.97. The molecule has 2 aromatic carbocycles. The normalized spacial score (nSPS) is 18.6. The first-order valence-corrected chi connectivity index (χ1v) is 13.3. The van der Waals surface area contributed by atoms with E-state index < -0.39 is 0 Å². The van der Waals surface area contributed by atoms with Crippen molar-refractivity contribution >= 4 is 29.0 Å². The molecule has 2 N–H and O–H groups in total. The second-order valence-corrected chi connectivity index (χ2v) is 10.5. The van der Waals surface area contributed by atoms with Crippen LogP contribution >= 0.6 is 11.3 Å². The summed E-state index contributed by atoms with van der Waals surface area (Å²) in [6, 6.07) is 22.0. The lowest BCUT2D eigenvalue weighted by Crippen LogP contribution is -2.58. The van der Waals surface area contributed by atoms with E-state index in [2.05, 4.69) is 45.9 Å². The molecule has 1 aliphatic heterocycles. The van der Waals surface area contributed by atoms with Crippen LogP contribution < -0.4 is 10.6 Å². The molecule has 1 aliphatic carbocycles. The number of hydrogen-bond donors (Lipinski definition) is 2. The molecule has 5 rings (SSSR count). The van der Waals surface area contributed by atoms with Gasteiger partial charge in [-0.3, -0.25) is 9.69 Å². The first-order valence-electron chi connectivity index (χ1n) is 12.4. The van der Waals surface area contributed by atoms with Crippen LogP contribution in [0.2, 0.25) is 0 Å². The van der Waals surface area contributed by atoms with E-state index >= 15 is 0 Å². The largest absolute Gasteiger partial charge is 0.347 e. The highest BCUT2D eigenvalue weighted by atomic mass is 32.1. The summed E-state index contributed by atoms with van der Waals surface area (Å²) in [5.74, 6) is 0.513. The van der Waals surface area contributed by atoms with Gasteiger partial charge in [0.05, 0.1) is 6.54 Å². The van der Waals surface area contributed by atoms with Gasteiger partial charge in [-0.2, -0.15) is 0 Å². The molecule has 0 radical (unpaired) electrons. The van der Waals surface area contributed by atoms with Crippen LogP contribution in [0, 0.1) is 5.92 Å². The van der Waals surface area contributed by atoms with E-state index in [4.69, 9.17) is 0 Å². The smallest absolute Gasteiger partial charge is 0.321 e. The number of benzene rings is 2. The number of carbonyl (C=O) groups excluding carboxylic acids is 2. The first-order chi connectivity index (χ1) is 17.2. The van der Waals surface area contributed by atoms with E-state index in [9.17, 15) is 9.59 Å². The highest BCUT2D eigenvalue weighted by Gasteiger charge is 2.37. The van der Waals surface area contributed by atoms with Crippen LogP contribution in [0.5, 0.6) is 0 Å². The van der Waals surface area contributed by atoms with Crippen LogP contribution in [0.4, 0.5) is 10.5 Å². The third kappa shape index (κ3) is 5.92. The van der Waals surface area contributed by atoms with Crippen molar-refractivity contribution in [1.29, 1.82) is 0 Å². The minimum atomic E-state index is -0.144. The fourth-order valence-electron chi connectivity index (χ4n) is 4.94. The van der Waals surface area contributed by atoms with E-state index in [1.54, 1.807) is 23.5 Å². The Kier molecular flexibility index (Phi) is 7.45. The number of carbonyl (C=O) groups is 2. The number of rotatable bonds is 7. The Labute approximate surface area is 210 Å². The van der Waals surface area contributed by atoms with Gasteiger partial charge in [0, 0.05) is 48.3 Å². The van der Waals surface area contributed by atoms with Gasteiger partial charge >= 0.3 is 6.03 Å². The Morgan fingerprint density at radius 3 is 2.57 bits per heavy atom. The Morgan fingerprint density at radius 1 is 0.971 bits per heavy atom. The molecule has 3 amide bonds. The lowest BCUT2D eigenvalue weighted by atomic mass is 9.78. The third-order valence-corrected chi connectivity index (χ3v) is 8.00. The van der Waals surface area contributed by atoms with Crippen molar-refractivity contribution in [3.8, 4) is 0 Å². The van der Waals surface area contributed by atoms with E-state index in [-0.39, 0.29) is 11.9 Å². The quantitative estimate of drug-likeness (QED) is 0.481. The van der Waals surface area contributed by atoms with Gasteiger partial charge in [0.1, 0.15) is 0 Å². The van der Waals surface area contributed by atoms with Crippen molar-refractivity contribution in [3.05, 3.63) is 88.1 Å². The zero-order valence-corrected chi connectivity index (χ0v) is 20.7. The topological polar surface area (TPSA) is 64.7 Å². The van der Waals surface area contributed by atoms with Crippen molar-refractivity contribution < 1.29 is 9.59 Å². The molecule has 3 aromatic rings. The molecule has 7 heteroatoms. The number of piperazine rings is 1. The number of anilines is 1. The maximum atomic E-state index is 13.2. The van der Waals surface area contributed by atoms with Crippen LogP contribution in [0.15, 0.2) is 72.1 Å². The molecule has 0 spiro atoms. The van der Waals surface area contributed by atoms with Crippen molar-refractivity contribution in [3.63, 3.8) is 0 Å². The fourth-order valence-corrected chi connectivity index (χ4v) is 5.59. The molecule has 1 unspecified atom stereocenters. The first kappa shape index (κ1) is 23.6. The lowest BCUT2D eigenvalue weighted by molar-refractivity contribution is 0.0286. The van der Waals surface area contributed by atoms with Gasteiger partial charge < -0.3 is 15.5 Å². The van der Waals surface area contributed by atoms with Crippen molar-refractivity contribution in [2.24, 2.45) is 5.92 Å². The van der Waals surface area contributed by atoms with Gasteiger partial charge in [0.2, 0.25) is 0 Å². The average molecular weight is 489 g/mol. The molecule has 2 fully saturated rings. The maximum Gasteiger partial charge on any atom is 0.321 e. The zero-order valence-electron chi connectivity index (χ0n) is 19.9. The molecule has 35 heavy (non-hydrogen) atoms. The van der Waals surface area contributed by atoms with Crippen molar-refractivity contribution in [2.45, 2.75) is 38.4 Å². The molecular weight excluding hydrogens is 456 g/mol. The molecule has 6 nitrogen and oxygen atoms in total. The van der Waals surface area contributed by atoms with Gasteiger partial charge in [-0.1, -0.05) is 48.9 Å². The van der Waals surface area contributed by atoms with Crippen LogP contribution in [-0.2, 0) is 13.1 Å². The molecule has 1 aromatic heterocycles. The summed E-state index contributed by atoms with van der Waals surface area (Å²) < 4.78 is 0. The van der Waals surface area contributed by atoms with Crippen LogP contribution in [0.25, 0.3) is 0 Å². The number of thiophene rings is 1. The second kappa shape index (κ2) is 11.1. The van der Waals surface area contributed by atoms with Gasteiger partial charge in [-0.15, -0.1) is 11.3 Å². The molecule has 2 aliphatic rings. The summed E-state index contributed by atoms with van der Waals surface area (Å²) in [6.07, 6.45) is 3.77. The Bertz CT molecular complexity index is 1130. The van der Waals surface area contributed by atoms with E-state index in [1.165, 1.54) is 24.8 Å². The second-order valence-electron chi connectivity index (χ2n) is 9.43. The third-order valence-electron chi connectivity index (χ3n) is 7.12. The molecule has 2 heterocycles. The van der Waals surface area contributed by atoms with Crippen LogP contribution in [0.1, 0.15) is 40.1 Å². The summed E-state index contributed by atoms with van der Waals surface area (Å²) >= 11 is 1.61. The minimum Gasteiger partial charge on any atom is -0.347 e. The molecule has 182 valence electrons. The molecule has 1 saturated heterocycles. The Morgan fingerprint density at radius 2 is 1.83 bits per heavy atom. The van der Waals surface area contributed by atoms with E-state index in [0.717, 1.165) is 24.5 Å². The fraction of sp³-hybridized carbons (Fsp3) is 0.357. The monoisotopic (exact) mass is 488 g/mol. The number of nitrogens with zero attached hydrogens (tertiary/aromatic N) is 2. The molecule has 0 bridgehead atoms. The predicted molar refractivity (Wildman–Crippen MR) is 141 cm³/mol. The van der Waals surface area contributed by atoms with Crippen molar-refractivity contribution in [1.82, 2.24) is 15.1 Å².